The monoisotopic (exact) mass is 383 g/mol. The zero-order valence-electron chi connectivity index (χ0n) is 16.5. The first-order valence-electron chi connectivity index (χ1n) is 9.53. The van der Waals surface area contributed by atoms with Crippen molar-refractivity contribution in [2.45, 2.75) is 38.0 Å². The summed E-state index contributed by atoms with van der Waals surface area (Å²) in [5.74, 6) is 0.718. The number of likely N-dealkylation sites (tertiary alicyclic amines) is 1. The lowest BCUT2D eigenvalue weighted by molar-refractivity contribution is -0.178. The molecule has 2 aromatic heterocycles. The van der Waals surface area contributed by atoms with Crippen molar-refractivity contribution in [2.24, 2.45) is 0 Å². The minimum atomic E-state index is -0.644. The third-order valence-electron chi connectivity index (χ3n) is 5.54. The number of nitrogens with zero attached hydrogens (tertiary/aromatic N) is 5. The van der Waals surface area contributed by atoms with Crippen molar-refractivity contribution in [3.8, 4) is 0 Å². The minimum Gasteiger partial charge on any atom is -0.352 e. The Balaban J connectivity index is 1.54. The van der Waals surface area contributed by atoms with E-state index in [1.807, 2.05) is 29.8 Å². The van der Waals surface area contributed by atoms with E-state index in [1.54, 1.807) is 36.2 Å². The zero-order chi connectivity index (χ0) is 19.9. The second-order valence-electron chi connectivity index (χ2n) is 7.69. The van der Waals surface area contributed by atoms with Crippen LogP contribution in [0.4, 0.5) is 0 Å². The summed E-state index contributed by atoms with van der Waals surface area (Å²) in [4.78, 5) is 37.6. The lowest BCUT2D eigenvalue weighted by Crippen LogP contribution is -2.54. The topological polar surface area (TPSA) is 80.6 Å². The standard InChI is InChI=1S/C20H25N5O3/c1-14-5-4-6-15(22-14)17(26)24-10-7-20(8-11-24)19-21-9-12-25(19)13-16(28-20)18(27)23(2)3/h4-6,9,12,16H,7-8,10-11,13H2,1-3H3/t16-/m0/s1. The van der Waals surface area contributed by atoms with Gasteiger partial charge >= 0.3 is 0 Å². The first kappa shape index (κ1) is 18.6. The predicted octanol–water partition coefficient (Wildman–Crippen LogP) is 1.21. The Morgan fingerprint density at radius 1 is 1.25 bits per heavy atom. The van der Waals surface area contributed by atoms with Crippen LogP contribution in [-0.2, 0) is 21.7 Å². The Morgan fingerprint density at radius 2 is 2.00 bits per heavy atom. The minimum absolute atomic E-state index is 0.0545. The summed E-state index contributed by atoms with van der Waals surface area (Å²) in [6, 6.07) is 5.47. The molecule has 28 heavy (non-hydrogen) atoms. The van der Waals surface area contributed by atoms with E-state index < -0.39 is 11.7 Å². The van der Waals surface area contributed by atoms with Crippen LogP contribution >= 0.6 is 0 Å². The molecule has 0 unspecified atom stereocenters. The van der Waals surface area contributed by atoms with Gasteiger partial charge in [-0.05, 0) is 19.1 Å². The van der Waals surface area contributed by atoms with E-state index in [0.717, 1.165) is 11.5 Å². The van der Waals surface area contributed by atoms with Crippen molar-refractivity contribution in [3.63, 3.8) is 0 Å². The second-order valence-corrected chi connectivity index (χ2v) is 7.69. The molecule has 2 aromatic rings. The average molecular weight is 383 g/mol. The van der Waals surface area contributed by atoms with E-state index in [4.69, 9.17) is 4.74 Å². The molecule has 0 saturated carbocycles. The first-order valence-corrected chi connectivity index (χ1v) is 9.53. The number of amides is 2. The van der Waals surface area contributed by atoms with Crippen molar-refractivity contribution in [1.29, 1.82) is 0 Å². The summed E-state index contributed by atoms with van der Waals surface area (Å²) in [6.45, 7) is 3.40. The van der Waals surface area contributed by atoms with E-state index in [0.29, 0.717) is 38.2 Å². The number of ether oxygens (including phenoxy) is 1. The molecule has 0 aromatic carbocycles. The van der Waals surface area contributed by atoms with Crippen LogP contribution in [0, 0.1) is 6.92 Å². The SMILES string of the molecule is Cc1cccc(C(=O)N2CCC3(CC2)O[C@H](C(=O)N(C)C)Cn2ccnc23)n1. The normalized spacial score (nSPS) is 20.7. The lowest BCUT2D eigenvalue weighted by Gasteiger charge is -2.45. The summed E-state index contributed by atoms with van der Waals surface area (Å²) >= 11 is 0. The fourth-order valence-corrected chi connectivity index (χ4v) is 4.05. The van der Waals surface area contributed by atoms with Gasteiger partial charge < -0.3 is 19.1 Å². The van der Waals surface area contributed by atoms with Crippen molar-refractivity contribution in [1.82, 2.24) is 24.3 Å². The van der Waals surface area contributed by atoms with Crippen LogP contribution in [0.15, 0.2) is 30.6 Å². The van der Waals surface area contributed by atoms with Gasteiger partial charge in [-0.15, -0.1) is 0 Å². The molecule has 148 valence electrons. The van der Waals surface area contributed by atoms with Crippen molar-refractivity contribution in [3.05, 3.63) is 47.8 Å². The summed E-state index contributed by atoms with van der Waals surface area (Å²) in [6.07, 6.45) is 4.29. The van der Waals surface area contributed by atoms with Crippen LogP contribution in [0.1, 0.15) is 34.8 Å². The van der Waals surface area contributed by atoms with Gasteiger partial charge in [0.05, 0.1) is 6.54 Å². The highest BCUT2D eigenvalue weighted by atomic mass is 16.5. The highest BCUT2D eigenvalue weighted by Gasteiger charge is 2.48. The molecule has 1 fully saturated rings. The maximum absolute atomic E-state index is 12.8. The number of piperidine rings is 1. The largest absolute Gasteiger partial charge is 0.352 e. The number of imidazole rings is 1. The third-order valence-corrected chi connectivity index (χ3v) is 5.54. The molecule has 0 bridgehead atoms. The summed E-state index contributed by atoms with van der Waals surface area (Å²) in [5.41, 5.74) is 0.638. The summed E-state index contributed by atoms with van der Waals surface area (Å²) in [7, 11) is 3.47. The second kappa shape index (κ2) is 7.01. The third kappa shape index (κ3) is 3.17. The van der Waals surface area contributed by atoms with Gasteiger partial charge in [-0.1, -0.05) is 6.07 Å². The van der Waals surface area contributed by atoms with Crippen molar-refractivity contribution < 1.29 is 14.3 Å². The molecule has 4 rings (SSSR count). The number of pyridine rings is 1. The molecule has 1 saturated heterocycles. The molecule has 0 N–H and O–H groups in total. The molecule has 4 heterocycles. The van der Waals surface area contributed by atoms with E-state index in [2.05, 4.69) is 9.97 Å². The lowest BCUT2D eigenvalue weighted by atomic mass is 9.88. The van der Waals surface area contributed by atoms with Crippen molar-refractivity contribution >= 4 is 11.8 Å². The van der Waals surface area contributed by atoms with Gasteiger partial charge in [0.1, 0.15) is 17.1 Å². The van der Waals surface area contributed by atoms with Gasteiger partial charge in [-0.25, -0.2) is 9.97 Å². The van der Waals surface area contributed by atoms with E-state index in [9.17, 15) is 9.59 Å². The fourth-order valence-electron chi connectivity index (χ4n) is 4.05. The van der Waals surface area contributed by atoms with Gasteiger partial charge in [0, 0.05) is 58.1 Å². The number of aromatic nitrogens is 3. The molecule has 0 aliphatic carbocycles. The van der Waals surface area contributed by atoms with Gasteiger partial charge in [0.25, 0.3) is 11.8 Å². The molecular formula is C20H25N5O3. The fraction of sp³-hybridized carbons (Fsp3) is 0.500. The number of likely N-dealkylation sites (N-methyl/N-ethyl adjacent to an activating group) is 1. The number of aryl methyl sites for hydroxylation is 1. The Bertz CT molecular complexity index is 899. The first-order chi connectivity index (χ1) is 13.4. The molecule has 1 atom stereocenters. The van der Waals surface area contributed by atoms with E-state index >= 15 is 0 Å². The maximum atomic E-state index is 12.8. The Labute approximate surface area is 164 Å². The van der Waals surface area contributed by atoms with Crippen LogP contribution in [0.3, 0.4) is 0 Å². The number of rotatable bonds is 2. The van der Waals surface area contributed by atoms with Crippen LogP contribution < -0.4 is 0 Å². The zero-order valence-corrected chi connectivity index (χ0v) is 16.5. The maximum Gasteiger partial charge on any atom is 0.272 e. The number of hydrogen-bond acceptors (Lipinski definition) is 5. The van der Waals surface area contributed by atoms with Gasteiger partial charge in [0.2, 0.25) is 0 Å². The molecule has 1 spiro atoms. The van der Waals surface area contributed by atoms with Crippen LogP contribution in [-0.4, -0.2) is 69.4 Å². The predicted molar refractivity (Wildman–Crippen MR) is 102 cm³/mol. The number of hydrogen-bond donors (Lipinski definition) is 0. The molecule has 2 amide bonds. The van der Waals surface area contributed by atoms with E-state index in [1.165, 1.54) is 0 Å². The van der Waals surface area contributed by atoms with Crippen molar-refractivity contribution in [2.75, 3.05) is 27.2 Å². The van der Waals surface area contributed by atoms with E-state index in [-0.39, 0.29) is 11.8 Å². The van der Waals surface area contributed by atoms with Crippen LogP contribution in [0.25, 0.3) is 0 Å². The van der Waals surface area contributed by atoms with Gasteiger partial charge in [-0.3, -0.25) is 9.59 Å². The Kier molecular flexibility index (Phi) is 4.66. The smallest absolute Gasteiger partial charge is 0.272 e. The highest BCUT2D eigenvalue weighted by molar-refractivity contribution is 5.92. The Hall–Kier alpha value is -2.74. The number of fused-ring (bicyclic) bond motifs is 2. The molecule has 0 radical (unpaired) electrons. The molecular weight excluding hydrogens is 358 g/mol. The number of carbonyl (C=O) groups excluding carboxylic acids is 2. The summed E-state index contributed by atoms with van der Waals surface area (Å²) < 4.78 is 8.36. The average Bonchev–Trinajstić information content (AvgIpc) is 3.17. The van der Waals surface area contributed by atoms with Crippen LogP contribution in [0.2, 0.25) is 0 Å². The molecule has 2 aliphatic heterocycles. The molecule has 2 aliphatic rings. The van der Waals surface area contributed by atoms with Gasteiger partial charge in [0.15, 0.2) is 6.10 Å². The Morgan fingerprint density at radius 3 is 2.68 bits per heavy atom. The molecule has 8 heteroatoms. The highest BCUT2D eigenvalue weighted by Crippen LogP contribution is 2.40. The number of carbonyl (C=O) groups is 2. The van der Waals surface area contributed by atoms with Gasteiger partial charge in [-0.2, -0.15) is 0 Å². The van der Waals surface area contributed by atoms with Crippen LogP contribution in [0.5, 0.6) is 0 Å². The molecule has 8 nitrogen and oxygen atoms in total. The quantitative estimate of drug-likeness (QED) is 0.779. The summed E-state index contributed by atoms with van der Waals surface area (Å²) in [5, 5.41) is 0.